The molecular weight excluding hydrogens is 298 g/mol. The molecule has 0 fully saturated rings. The summed E-state index contributed by atoms with van der Waals surface area (Å²) in [6, 6.07) is 12.7. The Morgan fingerprint density at radius 1 is 1.04 bits per heavy atom. The van der Waals surface area contributed by atoms with E-state index in [1.165, 1.54) is 24.5 Å². The maximum atomic E-state index is 14.2. The number of fused-ring (bicyclic) bond motifs is 1. The zero-order valence-corrected chi connectivity index (χ0v) is 12.2. The fourth-order valence-corrected chi connectivity index (χ4v) is 3.04. The molecule has 0 unspecified atom stereocenters. The van der Waals surface area contributed by atoms with Crippen LogP contribution in [0.5, 0.6) is 0 Å². The minimum absolute atomic E-state index is 0.0862. The van der Waals surface area contributed by atoms with E-state index in [0.717, 1.165) is 5.56 Å². The number of aromatic nitrogens is 3. The van der Waals surface area contributed by atoms with E-state index in [2.05, 4.69) is 15.4 Å². The Hall–Kier alpha value is -2.76. The summed E-state index contributed by atoms with van der Waals surface area (Å²) in [6.45, 7) is 0. The number of benzene rings is 2. The van der Waals surface area contributed by atoms with Crippen molar-refractivity contribution in [1.82, 2.24) is 14.8 Å². The number of nitrogens with zero attached hydrogens (tertiary/aromatic N) is 3. The van der Waals surface area contributed by atoms with Gasteiger partial charge in [-0.3, -0.25) is 0 Å². The van der Waals surface area contributed by atoms with Gasteiger partial charge >= 0.3 is 0 Å². The van der Waals surface area contributed by atoms with Gasteiger partial charge < -0.3 is 5.32 Å². The van der Waals surface area contributed by atoms with Gasteiger partial charge in [-0.05, 0) is 30.2 Å². The van der Waals surface area contributed by atoms with Crippen molar-refractivity contribution < 1.29 is 8.78 Å². The first kappa shape index (κ1) is 13.9. The van der Waals surface area contributed by atoms with Crippen LogP contribution in [0.1, 0.15) is 29.6 Å². The highest BCUT2D eigenvalue weighted by Gasteiger charge is 2.31. The molecule has 0 bridgehead atoms. The Morgan fingerprint density at radius 3 is 2.61 bits per heavy atom. The zero-order valence-electron chi connectivity index (χ0n) is 12.2. The molecule has 0 amide bonds. The highest BCUT2D eigenvalue weighted by atomic mass is 19.1. The van der Waals surface area contributed by atoms with Crippen LogP contribution in [0.2, 0.25) is 0 Å². The molecular formula is C17H14F2N4. The van der Waals surface area contributed by atoms with Crippen LogP contribution < -0.4 is 5.32 Å². The maximum Gasteiger partial charge on any atom is 0.222 e. The van der Waals surface area contributed by atoms with Crippen LogP contribution in [-0.4, -0.2) is 14.8 Å². The van der Waals surface area contributed by atoms with E-state index in [-0.39, 0.29) is 23.7 Å². The highest BCUT2D eigenvalue weighted by Crippen LogP contribution is 2.37. The van der Waals surface area contributed by atoms with Gasteiger partial charge in [0.15, 0.2) is 0 Å². The summed E-state index contributed by atoms with van der Waals surface area (Å²) in [5, 5.41) is 7.49. The fourth-order valence-electron chi connectivity index (χ4n) is 3.04. The molecule has 0 saturated heterocycles. The number of hydrogen-bond acceptors (Lipinski definition) is 3. The smallest absolute Gasteiger partial charge is 0.222 e. The standard InChI is InChI=1S/C17H14F2N4/c18-12-7-5-11(6-8-12)15-9-16(13-3-1-2-4-14(13)19)23-17(22-15)20-10-21-23/h1-8,10,15-16H,9H2,(H,20,21,22)/t15-,16-/m0/s1. The van der Waals surface area contributed by atoms with E-state index in [1.54, 1.807) is 28.9 Å². The molecule has 6 heteroatoms. The van der Waals surface area contributed by atoms with Crippen molar-refractivity contribution >= 4 is 5.95 Å². The molecule has 116 valence electrons. The van der Waals surface area contributed by atoms with Crippen LogP contribution in [0.4, 0.5) is 14.7 Å². The van der Waals surface area contributed by atoms with Gasteiger partial charge in [-0.1, -0.05) is 30.3 Å². The summed E-state index contributed by atoms with van der Waals surface area (Å²) in [6.07, 6.45) is 2.05. The average Bonchev–Trinajstić information content (AvgIpc) is 3.04. The van der Waals surface area contributed by atoms with Crippen LogP contribution in [0, 0.1) is 11.6 Å². The monoisotopic (exact) mass is 312 g/mol. The quantitative estimate of drug-likeness (QED) is 0.784. The Labute approximate surface area is 131 Å². The van der Waals surface area contributed by atoms with Crippen molar-refractivity contribution in [2.45, 2.75) is 18.5 Å². The molecule has 1 aromatic heterocycles. The summed E-state index contributed by atoms with van der Waals surface area (Å²) in [7, 11) is 0. The lowest BCUT2D eigenvalue weighted by Gasteiger charge is -2.32. The summed E-state index contributed by atoms with van der Waals surface area (Å²) in [5.41, 5.74) is 1.51. The number of halogens is 2. The van der Waals surface area contributed by atoms with E-state index < -0.39 is 0 Å². The van der Waals surface area contributed by atoms with Gasteiger partial charge in [0.1, 0.15) is 18.0 Å². The van der Waals surface area contributed by atoms with Crippen molar-refractivity contribution in [3.63, 3.8) is 0 Å². The van der Waals surface area contributed by atoms with Crippen LogP contribution in [-0.2, 0) is 0 Å². The normalized spacial score (nSPS) is 19.9. The first-order valence-electron chi connectivity index (χ1n) is 7.38. The summed E-state index contributed by atoms with van der Waals surface area (Å²) in [5.74, 6) is 0.0379. The van der Waals surface area contributed by atoms with Crippen molar-refractivity contribution in [2.24, 2.45) is 0 Å². The topological polar surface area (TPSA) is 42.7 Å². The lowest BCUT2D eigenvalue weighted by molar-refractivity contribution is 0.415. The Morgan fingerprint density at radius 2 is 1.83 bits per heavy atom. The minimum Gasteiger partial charge on any atom is -0.348 e. The first-order valence-corrected chi connectivity index (χ1v) is 7.38. The third kappa shape index (κ3) is 2.46. The van der Waals surface area contributed by atoms with Crippen LogP contribution in [0.25, 0.3) is 0 Å². The number of rotatable bonds is 2. The zero-order chi connectivity index (χ0) is 15.8. The summed E-state index contributed by atoms with van der Waals surface area (Å²) < 4.78 is 29.1. The molecule has 1 aliphatic rings. The molecule has 0 saturated carbocycles. The lowest BCUT2D eigenvalue weighted by Crippen LogP contribution is -2.28. The molecule has 4 rings (SSSR count). The van der Waals surface area contributed by atoms with Crippen molar-refractivity contribution in [3.05, 3.63) is 77.6 Å². The summed E-state index contributed by atoms with van der Waals surface area (Å²) >= 11 is 0. The second-order valence-electron chi connectivity index (χ2n) is 5.55. The van der Waals surface area contributed by atoms with Gasteiger partial charge in [0.25, 0.3) is 0 Å². The van der Waals surface area contributed by atoms with Crippen molar-refractivity contribution in [2.75, 3.05) is 5.32 Å². The average molecular weight is 312 g/mol. The Bertz CT molecular complexity index is 829. The third-order valence-corrected chi connectivity index (χ3v) is 4.17. The van der Waals surface area contributed by atoms with Crippen LogP contribution in [0.15, 0.2) is 54.9 Å². The van der Waals surface area contributed by atoms with E-state index >= 15 is 0 Å². The molecule has 0 radical (unpaired) electrons. The Kier molecular flexibility index (Phi) is 3.29. The van der Waals surface area contributed by atoms with Gasteiger partial charge in [-0.25, -0.2) is 13.5 Å². The minimum atomic E-state index is -0.279. The van der Waals surface area contributed by atoms with Crippen molar-refractivity contribution in [3.8, 4) is 0 Å². The van der Waals surface area contributed by atoms with E-state index in [0.29, 0.717) is 17.9 Å². The van der Waals surface area contributed by atoms with Gasteiger partial charge in [0.05, 0.1) is 12.1 Å². The molecule has 2 atom stereocenters. The Balaban J connectivity index is 1.75. The van der Waals surface area contributed by atoms with Gasteiger partial charge in [-0.15, -0.1) is 0 Å². The maximum absolute atomic E-state index is 14.2. The van der Waals surface area contributed by atoms with Crippen molar-refractivity contribution in [1.29, 1.82) is 0 Å². The second kappa shape index (κ2) is 5.46. The van der Waals surface area contributed by atoms with Gasteiger partial charge in [0, 0.05) is 5.56 Å². The highest BCUT2D eigenvalue weighted by molar-refractivity contribution is 5.38. The van der Waals surface area contributed by atoms with Crippen LogP contribution in [0.3, 0.4) is 0 Å². The molecule has 1 aliphatic heterocycles. The number of nitrogens with one attached hydrogen (secondary N) is 1. The molecule has 3 aromatic rings. The third-order valence-electron chi connectivity index (χ3n) is 4.17. The van der Waals surface area contributed by atoms with Crippen LogP contribution >= 0.6 is 0 Å². The molecule has 2 aromatic carbocycles. The predicted octanol–water partition coefficient (Wildman–Crippen LogP) is 3.70. The fraction of sp³-hybridized carbons (Fsp3) is 0.176. The summed E-state index contributed by atoms with van der Waals surface area (Å²) in [4.78, 5) is 4.20. The molecule has 1 N–H and O–H groups in total. The largest absolute Gasteiger partial charge is 0.348 e. The van der Waals surface area contributed by atoms with E-state index in [4.69, 9.17) is 0 Å². The van der Waals surface area contributed by atoms with Gasteiger partial charge in [0.2, 0.25) is 5.95 Å². The lowest BCUT2D eigenvalue weighted by atomic mass is 9.93. The van der Waals surface area contributed by atoms with E-state index in [9.17, 15) is 8.78 Å². The predicted molar refractivity (Wildman–Crippen MR) is 81.9 cm³/mol. The van der Waals surface area contributed by atoms with Gasteiger partial charge in [-0.2, -0.15) is 10.1 Å². The molecule has 4 nitrogen and oxygen atoms in total. The molecule has 0 aliphatic carbocycles. The van der Waals surface area contributed by atoms with E-state index in [1.807, 2.05) is 6.07 Å². The molecule has 0 spiro atoms. The first-order chi connectivity index (χ1) is 11.2. The molecule has 23 heavy (non-hydrogen) atoms. The second-order valence-corrected chi connectivity index (χ2v) is 5.55. The number of anilines is 1. The SMILES string of the molecule is Fc1ccc([C@@H]2C[C@@H](c3ccccc3F)n3ncnc3N2)cc1. The number of hydrogen-bond donors (Lipinski definition) is 1. The molecule has 2 heterocycles.